The molecule has 14 heavy (non-hydrogen) atoms. The second-order valence-electron chi connectivity index (χ2n) is 4.33. The molecule has 1 saturated carbocycles. The second-order valence-corrected chi connectivity index (χ2v) is 4.33. The SMILES string of the molecule is COC(=O)CC(C)NC(C)C1CCC1. The summed E-state index contributed by atoms with van der Waals surface area (Å²) in [5.74, 6) is 0.681. The lowest BCUT2D eigenvalue weighted by Crippen LogP contribution is -2.42. The lowest BCUT2D eigenvalue weighted by molar-refractivity contribution is -0.141. The van der Waals surface area contributed by atoms with Crippen LogP contribution in [-0.2, 0) is 9.53 Å². The number of hydrogen-bond donors (Lipinski definition) is 1. The Morgan fingerprint density at radius 1 is 1.50 bits per heavy atom. The third kappa shape index (κ3) is 3.29. The van der Waals surface area contributed by atoms with E-state index in [0.717, 1.165) is 5.92 Å². The van der Waals surface area contributed by atoms with E-state index in [4.69, 9.17) is 0 Å². The van der Waals surface area contributed by atoms with Gasteiger partial charge in [-0.3, -0.25) is 4.79 Å². The summed E-state index contributed by atoms with van der Waals surface area (Å²) in [5, 5.41) is 3.45. The first kappa shape index (κ1) is 11.5. The van der Waals surface area contributed by atoms with E-state index in [0.29, 0.717) is 12.5 Å². The molecular formula is C11H21NO2. The topological polar surface area (TPSA) is 38.3 Å². The number of rotatable bonds is 5. The van der Waals surface area contributed by atoms with Crippen LogP contribution in [0.2, 0.25) is 0 Å². The van der Waals surface area contributed by atoms with Crippen molar-refractivity contribution in [3.63, 3.8) is 0 Å². The van der Waals surface area contributed by atoms with E-state index in [-0.39, 0.29) is 12.0 Å². The lowest BCUT2D eigenvalue weighted by atomic mass is 9.80. The first-order valence-electron chi connectivity index (χ1n) is 5.46. The van der Waals surface area contributed by atoms with Crippen LogP contribution >= 0.6 is 0 Å². The van der Waals surface area contributed by atoms with Gasteiger partial charge in [-0.25, -0.2) is 0 Å². The minimum atomic E-state index is -0.134. The van der Waals surface area contributed by atoms with Crippen molar-refractivity contribution in [1.82, 2.24) is 5.32 Å². The molecule has 0 radical (unpaired) electrons. The fourth-order valence-electron chi connectivity index (χ4n) is 1.92. The summed E-state index contributed by atoms with van der Waals surface area (Å²) in [6.45, 7) is 4.24. The van der Waals surface area contributed by atoms with Gasteiger partial charge in [-0.05, 0) is 32.6 Å². The van der Waals surface area contributed by atoms with Gasteiger partial charge in [0.05, 0.1) is 13.5 Å². The molecule has 1 N–H and O–H groups in total. The van der Waals surface area contributed by atoms with Crippen molar-refractivity contribution in [2.24, 2.45) is 5.92 Å². The van der Waals surface area contributed by atoms with Gasteiger partial charge < -0.3 is 10.1 Å². The maximum Gasteiger partial charge on any atom is 0.307 e. The molecule has 3 heteroatoms. The van der Waals surface area contributed by atoms with Gasteiger partial charge in [0.25, 0.3) is 0 Å². The Labute approximate surface area is 86.2 Å². The molecule has 1 fully saturated rings. The molecule has 1 rings (SSSR count). The standard InChI is InChI=1S/C11H21NO2/c1-8(7-11(13)14-3)12-9(2)10-5-4-6-10/h8-10,12H,4-7H2,1-3H3. The average molecular weight is 199 g/mol. The zero-order valence-electron chi connectivity index (χ0n) is 9.38. The predicted octanol–water partition coefficient (Wildman–Crippen LogP) is 1.72. The van der Waals surface area contributed by atoms with Crippen molar-refractivity contribution in [1.29, 1.82) is 0 Å². The normalized spacial score (nSPS) is 21.1. The van der Waals surface area contributed by atoms with Crippen LogP contribution in [0.3, 0.4) is 0 Å². The molecule has 0 saturated heterocycles. The van der Waals surface area contributed by atoms with Crippen LogP contribution in [0.25, 0.3) is 0 Å². The van der Waals surface area contributed by atoms with Crippen LogP contribution in [0.4, 0.5) is 0 Å². The maximum atomic E-state index is 11.0. The summed E-state index contributed by atoms with van der Waals surface area (Å²) < 4.78 is 4.62. The predicted molar refractivity (Wildman–Crippen MR) is 56.0 cm³/mol. The molecule has 0 bridgehead atoms. The van der Waals surface area contributed by atoms with Gasteiger partial charge in [0, 0.05) is 12.1 Å². The highest BCUT2D eigenvalue weighted by Gasteiger charge is 2.25. The number of methoxy groups -OCH3 is 1. The third-order valence-electron chi connectivity index (χ3n) is 3.10. The Bertz CT molecular complexity index is 190. The summed E-state index contributed by atoms with van der Waals surface area (Å²) in [4.78, 5) is 11.0. The molecular weight excluding hydrogens is 178 g/mol. The van der Waals surface area contributed by atoms with Gasteiger partial charge >= 0.3 is 5.97 Å². The minimum Gasteiger partial charge on any atom is -0.469 e. The number of carbonyl (C=O) groups excluding carboxylic acids is 1. The first-order valence-corrected chi connectivity index (χ1v) is 5.46. The van der Waals surface area contributed by atoms with Crippen molar-refractivity contribution in [3.05, 3.63) is 0 Å². The van der Waals surface area contributed by atoms with Crippen molar-refractivity contribution in [2.45, 2.75) is 51.6 Å². The van der Waals surface area contributed by atoms with E-state index in [1.165, 1.54) is 26.4 Å². The van der Waals surface area contributed by atoms with Crippen molar-refractivity contribution < 1.29 is 9.53 Å². The van der Waals surface area contributed by atoms with Gasteiger partial charge in [-0.15, -0.1) is 0 Å². The molecule has 0 aromatic rings. The van der Waals surface area contributed by atoms with Crippen molar-refractivity contribution >= 4 is 5.97 Å². The van der Waals surface area contributed by atoms with Crippen molar-refractivity contribution in [2.75, 3.05) is 7.11 Å². The third-order valence-corrected chi connectivity index (χ3v) is 3.10. The number of nitrogens with one attached hydrogen (secondary N) is 1. The van der Waals surface area contributed by atoms with Gasteiger partial charge in [0.15, 0.2) is 0 Å². The van der Waals surface area contributed by atoms with Gasteiger partial charge in [0.1, 0.15) is 0 Å². The molecule has 0 spiro atoms. The number of ether oxygens (including phenoxy) is 1. The Morgan fingerprint density at radius 2 is 2.14 bits per heavy atom. The average Bonchev–Trinajstić information content (AvgIpc) is 1.99. The summed E-state index contributed by atoms with van der Waals surface area (Å²) in [6, 6.07) is 0.751. The largest absolute Gasteiger partial charge is 0.469 e. The molecule has 0 aromatic heterocycles. The Morgan fingerprint density at radius 3 is 2.57 bits per heavy atom. The number of esters is 1. The van der Waals surface area contributed by atoms with Crippen LogP contribution < -0.4 is 5.32 Å². The van der Waals surface area contributed by atoms with E-state index in [1.807, 2.05) is 6.92 Å². The van der Waals surface area contributed by atoms with Crippen molar-refractivity contribution in [3.8, 4) is 0 Å². The molecule has 2 atom stereocenters. The molecule has 2 unspecified atom stereocenters. The highest BCUT2D eigenvalue weighted by Crippen LogP contribution is 2.29. The van der Waals surface area contributed by atoms with Crippen LogP contribution in [0, 0.1) is 5.92 Å². The summed E-state index contributed by atoms with van der Waals surface area (Å²) in [6.07, 6.45) is 4.49. The minimum absolute atomic E-state index is 0.134. The quantitative estimate of drug-likeness (QED) is 0.685. The fraction of sp³-hybridized carbons (Fsp3) is 0.909. The smallest absolute Gasteiger partial charge is 0.307 e. The van der Waals surface area contributed by atoms with Crippen LogP contribution in [0.15, 0.2) is 0 Å². The number of carbonyl (C=O) groups is 1. The van der Waals surface area contributed by atoms with E-state index < -0.39 is 0 Å². The first-order chi connectivity index (χ1) is 6.63. The van der Waals surface area contributed by atoms with Gasteiger partial charge in [0.2, 0.25) is 0 Å². The maximum absolute atomic E-state index is 11.0. The molecule has 1 aliphatic rings. The van der Waals surface area contributed by atoms with E-state index in [2.05, 4.69) is 17.0 Å². The summed E-state index contributed by atoms with van der Waals surface area (Å²) >= 11 is 0. The van der Waals surface area contributed by atoms with E-state index in [1.54, 1.807) is 0 Å². The van der Waals surface area contributed by atoms with Crippen LogP contribution in [-0.4, -0.2) is 25.2 Å². The van der Waals surface area contributed by atoms with E-state index >= 15 is 0 Å². The van der Waals surface area contributed by atoms with Gasteiger partial charge in [-0.2, -0.15) is 0 Å². The van der Waals surface area contributed by atoms with E-state index in [9.17, 15) is 4.79 Å². The molecule has 0 heterocycles. The highest BCUT2D eigenvalue weighted by atomic mass is 16.5. The van der Waals surface area contributed by atoms with Gasteiger partial charge in [-0.1, -0.05) is 6.42 Å². The molecule has 82 valence electrons. The zero-order valence-corrected chi connectivity index (χ0v) is 9.38. The number of hydrogen-bond acceptors (Lipinski definition) is 3. The van der Waals surface area contributed by atoms with Crippen LogP contribution in [0.1, 0.15) is 39.5 Å². The molecule has 0 amide bonds. The Balaban J connectivity index is 2.18. The Hall–Kier alpha value is -0.570. The molecule has 0 aliphatic heterocycles. The highest BCUT2D eigenvalue weighted by molar-refractivity contribution is 5.69. The molecule has 0 aromatic carbocycles. The Kier molecular flexibility index (Phi) is 4.39. The summed E-state index contributed by atoms with van der Waals surface area (Å²) in [7, 11) is 1.43. The molecule has 3 nitrogen and oxygen atoms in total. The fourth-order valence-corrected chi connectivity index (χ4v) is 1.92. The van der Waals surface area contributed by atoms with Crippen LogP contribution in [0.5, 0.6) is 0 Å². The monoisotopic (exact) mass is 199 g/mol. The summed E-state index contributed by atoms with van der Waals surface area (Å²) in [5.41, 5.74) is 0. The molecule has 1 aliphatic carbocycles. The zero-order chi connectivity index (χ0) is 10.6. The second kappa shape index (κ2) is 5.35. The lowest BCUT2D eigenvalue weighted by Gasteiger charge is -2.33.